The Morgan fingerprint density at radius 1 is 1.04 bits per heavy atom. The van der Waals surface area contributed by atoms with E-state index in [9.17, 15) is 9.59 Å². The van der Waals surface area contributed by atoms with Crippen LogP contribution < -0.4 is 5.32 Å². The maximum Gasteiger partial charge on any atom is 0.227 e. The van der Waals surface area contributed by atoms with Gasteiger partial charge in [-0.05, 0) is 49.2 Å². The van der Waals surface area contributed by atoms with E-state index in [1.165, 1.54) is 0 Å². The molecule has 0 radical (unpaired) electrons. The lowest BCUT2D eigenvalue weighted by atomic mass is 9.95. The van der Waals surface area contributed by atoms with Gasteiger partial charge in [0.25, 0.3) is 0 Å². The Labute approximate surface area is 158 Å². The highest BCUT2D eigenvalue weighted by Crippen LogP contribution is 2.28. The summed E-state index contributed by atoms with van der Waals surface area (Å²) in [5, 5.41) is 4.06. The van der Waals surface area contributed by atoms with Gasteiger partial charge >= 0.3 is 0 Å². The Hall–Kier alpha value is -3.08. The van der Waals surface area contributed by atoms with Crippen LogP contribution in [0.1, 0.15) is 19.8 Å². The number of likely N-dealkylation sites (tertiary alicyclic amines) is 1. The molecule has 27 heavy (non-hydrogen) atoms. The standard InChI is InChI=1S/C22H22N2O3/c1-15(25)24-12-10-17(11-13-24)22(26)23-19-8-6-16(7-9-19)21-14-18-4-2-3-5-20(18)27-21/h2-9,14,17H,10-13H2,1H3,(H,23,26). The normalized spacial score (nSPS) is 15.1. The van der Waals surface area contributed by atoms with Gasteiger partial charge in [-0.15, -0.1) is 0 Å². The topological polar surface area (TPSA) is 62.6 Å². The van der Waals surface area contributed by atoms with Crippen LogP contribution in [-0.4, -0.2) is 29.8 Å². The fourth-order valence-electron chi connectivity index (χ4n) is 3.54. The molecule has 1 N–H and O–H groups in total. The molecule has 2 amide bonds. The first-order valence-corrected chi connectivity index (χ1v) is 9.25. The van der Waals surface area contributed by atoms with Crippen LogP contribution >= 0.6 is 0 Å². The van der Waals surface area contributed by atoms with E-state index < -0.39 is 0 Å². The Balaban J connectivity index is 1.40. The molecule has 3 aromatic rings. The number of para-hydroxylation sites is 1. The first-order chi connectivity index (χ1) is 13.1. The van der Waals surface area contributed by atoms with Gasteiger partial charge in [-0.2, -0.15) is 0 Å². The summed E-state index contributed by atoms with van der Waals surface area (Å²) < 4.78 is 5.88. The second kappa shape index (κ2) is 7.27. The lowest BCUT2D eigenvalue weighted by Crippen LogP contribution is -2.40. The molecule has 1 aliphatic heterocycles. The molecule has 1 aliphatic rings. The number of amides is 2. The summed E-state index contributed by atoms with van der Waals surface area (Å²) in [6.45, 7) is 2.88. The average molecular weight is 362 g/mol. The largest absolute Gasteiger partial charge is 0.456 e. The van der Waals surface area contributed by atoms with E-state index in [0.29, 0.717) is 25.9 Å². The molecule has 2 aromatic carbocycles. The molecule has 0 spiro atoms. The van der Waals surface area contributed by atoms with Crippen molar-refractivity contribution in [3.05, 3.63) is 54.6 Å². The number of anilines is 1. The SMILES string of the molecule is CC(=O)N1CCC(C(=O)Nc2ccc(-c3cc4ccccc4o3)cc2)CC1. The highest BCUT2D eigenvalue weighted by atomic mass is 16.3. The summed E-state index contributed by atoms with van der Waals surface area (Å²) in [5.74, 6) is 0.867. The van der Waals surface area contributed by atoms with E-state index in [2.05, 4.69) is 5.32 Å². The lowest BCUT2D eigenvalue weighted by Gasteiger charge is -2.30. The van der Waals surface area contributed by atoms with Crippen LogP contribution in [0.15, 0.2) is 59.0 Å². The van der Waals surface area contributed by atoms with Gasteiger partial charge in [0.15, 0.2) is 0 Å². The van der Waals surface area contributed by atoms with E-state index in [-0.39, 0.29) is 17.7 Å². The van der Waals surface area contributed by atoms with Crippen LogP contribution in [-0.2, 0) is 9.59 Å². The van der Waals surface area contributed by atoms with Gasteiger partial charge < -0.3 is 14.6 Å². The quantitative estimate of drug-likeness (QED) is 0.756. The van der Waals surface area contributed by atoms with Gasteiger partial charge in [0, 0.05) is 42.6 Å². The number of hydrogen-bond donors (Lipinski definition) is 1. The number of fused-ring (bicyclic) bond motifs is 1. The van der Waals surface area contributed by atoms with Crippen molar-refractivity contribution in [1.29, 1.82) is 0 Å². The van der Waals surface area contributed by atoms with Crippen LogP contribution in [0.3, 0.4) is 0 Å². The van der Waals surface area contributed by atoms with E-state index in [4.69, 9.17) is 4.42 Å². The fraction of sp³-hybridized carbons (Fsp3) is 0.273. The van der Waals surface area contributed by atoms with Gasteiger partial charge in [0.1, 0.15) is 11.3 Å². The molecule has 1 fully saturated rings. The molecular weight excluding hydrogens is 340 g/mol. The molecule has 0 atom stereocenters. The minimum Gasteiger partial charge on any atom is -0.456 e. The van der Waals surface area contributed by atoms with Crippen molar-refractivity contribution in [3.63, 3.8) is 0 Å². The number of benzene rings is 2. The highest BCUT2D eigenvalue weighted by Gasteiger charge is 2.26. The average Bonchev–Trinajstić information content (AvgIpc) is 3.13. The predicted molar refractivity (Wildman–Crippen MR) is 105 cm³/mol. The van der Waals surface area contributed by atoms with Crippen LogP contribution in [0.25, 0.3) is 22.3 Å². The Morgan fingerprint density at radius 2 is 1.74 bits per heavy atom. The number of hydrogen-bond acceptors (Lipinski definition) is 3. The van der Waals surface area contributed by atoms with Gasteiger partial charge in [0.2, 0.25) is 11.8 Å². The first-order valence-electron chi connectivity index (χ1n) is 9.25. The van der Waals surface area contributed by atoms with Crippen molar-refractivity contribution in [3.8, 4) is 11.3 Å². The highest BCUT2D eigenvalue weighted by molar-refractivity contribution is 5.93. The van der Waals surface area contributed by atoms with Gasteiger partial charge in [0.05, 0.1) is 0 Å². The summed E-state index contributed by atoms with van der Waals surface area (Å²) in [5.41, 5.74) is 2.61. The third kappa shape index (κ3) is 3.72. The second-order valence-electron chi connectivity index (χ2n) is 7.00. The van der Waals surface area contributed by atoms with Crippen LogP contribution in [0.2, 0.25) is 0 Å². The molecular formula is C22H22N2O3. The van der Waals surface area contributed by atoms with Gasteiger partial charge in [-0.3, -0.25) is 9.59 Å². The van der Waals surface area contributed by atoms with Crippen molar-refractivity contribution >= 4 is 28.5 Å². The molecule has 5 heteroatoms. The Bertz CT molecular complexity index is 934. The van der Waals surface area contributed by atoms with Crippen molar-refractivity contribution in [2.24, 2.45) is 5.92 Å². The second-order valence-corrected chi connectivity index (χ2v) is 7.00. The van der Waals surface area contributed by atoms with Crippen molar-refractivity contribution in [2.45, 2.75) is 19.8 Å². The Morgan fingerprint density at radius 3 is 2.41 bits per heavy atom. The molecule has 0 aliphatic carbocycles. The summed E-state index contributed by atoms with van der Waals surface area (Å²) in [7, 11) is 0. The molecule has 0 bridgehead atoms. The summed E-state index contributed by atoms with van der Waals surface area (Å²) in [4.78, 5) is 25.7. The smallest absolute Gasteiger partial charge is 0.227 e. The first kappa shape index (κ1) is 17.3. The molecule has 2 heterocycles. The van der Waals surface area contributed by atoms with Crippen molar-refractivity contribution in [2.75, 3.05) is 18.4 Å². The number of carbonyl (C=O) groups excluding carboxylic acids is 2. The van der Waals surface area contributed by atoms with Crippen molar-refractivity contribution in [1.82, 2.24) is 4.90 Å². The minimum absolute atomic E-state index is 0.0229. The van der Waals surface area contributed by atoms with E-state index >= 15 is 0 Å². The fourth-order valence-corrected chi connectivity index (χ4v) is 3.54. The number of carbonyl (C=O) groups is 2. The van der Waals surface area contributed by atoms with E-state index in [0.717, 1.165) is 28.0 Å². The summed E-state index contributed by atoms with van der Waals surface area (Å²) in [6.07, 6.45) is 1.42. The molecule has 1 aromatic heterocycles. The van der Waals surface area contributed by atoms with E-state index in [1.54, 1.807) is 11.8 Å². The zero-order chi connectivity index (χ0) is 18.8. The minimum atomic E-state index is -0.0457. The maximum absolute atomic E-state index is 12.5. The number of rotatable bonds is 3. The monoisotopic (exact) mass is 362 g/mol. The third-order valence-electron chi connectivity index (χ3n) is 5.17. The summed E-state index contributed by atoms with van der Waals surface area (Å²) in [6, 6.07) is 17.6. The van der Waals surface area contributed by atoms with Crippen LogP contribution in [0.4, 0.5) is 5.69 Å². The maximum atomic E-state index is 12.5. The molecule has 0 saturated carbocycles. The summed E-state index contributed by atoms with van der Waals surface area (Å²) >= 11 is 0. The Kier molecular flexibility index (Phi) is 4.67. The number of piperidine rings is 1. The zero-order valence-electron chi connectivity index (χ0n) is 15.3. The molecule has 5 nitrogen and oxygen atoms in total. The van der Waals surface area contributed by atoms with Crippen LogP contribution in [0, 0.1) is 5.92 Å². The predicted octanol–water partition coefficient (Wildman–Crippen LogP) is 4.30. The van der Waals surface area contributed by atoms with Gasteiger partial charge in [-0.1, -0.05) is 18.2 Å². The van der Waals surface area contributed by atoms with E-state index in [1.807, 2.05) is 54.6 Å². The third-order valence-corrected chi connectivity index (χ3v) is 5.17. The van der Waals surface area contributed by atoms with Crippen LogP contribution in [0.5, 0.6) is 0 Å². The van der Waals surface area contributed by atoms with Gasteiger partial charge in [-0.25, -0.2) is 0 Å². The molecule has 138 valence electrons. The number of nitrogens with zero attached hydrogens (tertiary/aromatic N) is 1. The lowest BCUT2D eigenvalue weighted by molar-refractivity contribution is -0.132. The zero-order valence-corrected chi connectivity index (χ0v) is 15.3. The number of furan rings is 1. The molecule has 0 unspecified atom stereocenters. The van der Waals surface area contributed by atoms with Crippen molar-refractivity contribution < 1.29 is 14.0 Å². The number of nitrogens with one attached hydrogen (secondary N) is 1. The molecule has 4 rings (SSSR count). The molecule has 1 saturated heterocycles.